The molecule has 0 unspecified atom stereocenters. The number of nitrogens with one attached hydrogen (secondary N) is 1. The molecule has 0 atom stereocenters. The number of halogens is 1. The third kappa shape index (κ3) is 4.01. The molecule has 6 heteroatoms. The molecule has 0 bridgehead atoms. The minimum Gasteiger partial charge on any atom is -0.316 e. The number of hydrogen-bond donors (Lipinski definition) is 1. The molecule has 114 valence electrons. The van der Waals surface area contributed by atoms with Crippen LogP contribution in [0.15, 0.2) is 23.1 Å². The molecule has 0 fully saturated rings. The Labute approximate surface area is 121 Å². The monoisotopic (exact) mass is 302 g/mol. The summed E-state index contributed by atoms with van der Waals surface area (Å²) >= 11 is 0. The van der Waals surface area contributed by atoms with Crippen LogP contribution in [-0.2, 0) is 16.6 Å². The highest BCUT2D eigenvalue weighted by Gasteiger charge is 2.26. The topological polar surface area (TPSA) is 49.4 Å². The molecule has 4 nitrogen and oxygen atoms in total. The molecular weight excluding hydrogens is 279 g/mol. The molecule has 1 aromatic carbocycles. The summed E-state index contributed by atoms with van der Waals surface area (Å²) in [5.74, 6) is -0.695. The smallest absolute Gasteiger partial charge is 0.245 e. The average Bonchev–Trinajstić information content (AvgIpc) is 2.41. The first kappa shape index (κ1) is 17.1. The number of nitrogens with zero attached hydrogens (tertiary/aromatic N) is 1. The first-order valence-corrected chi connectivity index (χ1v) is 8.34. The Morgan fingerprint density at radius 2 is 2.00 bits per heavy atom. The van der Waals surface area contributed by atoms with E-state index in [0.717, 1.165) is 18.4 Å². The average molecular weight is 302 g/mol. The summed E-state index contributed by atoms with van der Waals surface area (Å²) < 4.78 is 40.3. The van der Waals surface area contributed by atoms with Crippen LogP contribution in [0.4, 0.5) is 4.39 Å². The third-order valence-corrected chi connectivity index (χ3v) is 5.10. The van der Waals surface area contributed by atoms with Gasteiger partial charge in [0.15, 0.2) is 0 Å². The van der Waals surface area contributed by atoms with Crippen LogP contribution in [0.1, 0.15) is 32.3 Å². The summed E-state index contributed by atoms with van der Waals surface area (Å²) in [6.07, 6.45) is 1.67. The number of benzene rings is 1. The van der Waals surface area contributed by atoms with E-state index in [1.54, 1.807) is 20.0 Å². The molecule has 0 aliphatic carbocycles. The highest BCUT2D eigenvalue weighted by Crippen LogP contribution is 2.21. The fraction of sp³-hybridized carbons (Fsp3) is 0.571. The number of rotatable bonds is 8. The highest BCUT2D eigenvalue weighted by atomic mass is 32.2. The van der Waals surface area contributed by atoms with E-state index in [4.69, 9.17) is 0 Å². The van der Waals surface area contributed by atoms with E-state index in [-0.39, 0.29) is 4.90 Å². The number of unbranched alkanes of at least 4 members (excludes halogenated alkanes) is 1. The van der Waals surface area contributed by atoms with E-state index in [9.17, 15) is 12.8 Å². The Bertz CT molecular complexity index is 532. The Morgan fingerprint density at radius 1 is 1.30 bits per heavy atom. The molecule has 0 aliphatic rings. The van der Waals surface area contributed by atoms with Gasteiger partial charge >= 0.3 is 0 Å². The zero-order valence-electron chi connectivity index (χ0n) is 12.3. The summed E-state index contributed by atoms with van der Waals surface area (Å²) in [6, 6.07) is 4.22. The molecule has 20 heavy (non-hydrogen) atoms. The van der Waals surface area contributed by atoms with Crippen molar-refractivity contribution in [2.45, 2.75) is 38.1 Å². The van der Waals surface area contributed by atoms with Gasteiger partial charge in [0.05, 0.1) is 0 Å². The Kier molecular flexibility index (Phi) is 6.58. The molecule has 0 spiro atoms. The lowest BCUT2D eigenvalue weighted by molar-refractivity contribution is 0.415. The van der Waals surface area contributed by atoms with E-state index >= 15 is 0 Å². The standard InChI is InChI=1S/C14H23FN2O2S/c1-4-6-9-17(5-2)20(18,19)14-10-12(11-16-3)7-8-13(14)15/h7-8,10,16H,4-6,9,11H2,1-3H3. The second kappa shape index (κ2) is 7.71. The van der Waals surface area contributed by atoms with Crippen molar-refractivity contribution in [1.29, 1.82) is 0 Å². The van der Waals surface area contributed by atoms with Crippen molar-refractivity contribution < 1.29 is 12.8 Å². The molecule has 0 heterocycles. The predicted molar refractivity (Wildman–Crippen MR) is 78.5 cm³/mol. The van der Waals surface area contributed by atoms with Crippen molar-refractivity contribution in [3.63, 3.8) is 0 Å². The van der Waals surface area contributed by atoms with Gasteiger partial charge in [-0.2, -0.15) is 4.31 Å². The van der Waals surface area contributed by atoms with Crippen molar-refractivity contribution in [1.82, 2.24) is 9.62 Å². The van der Waals surface area contributed by atoms with Crippen LogP contribution in [0.2, 0.25) is 0 Å². The minimum atomic E-state index is -3.76. The predicted octanol–water partition coefficient (Wildman–Crippen LogP) is 2.36. The van der Waals surface area contributed by atoms with Crippen LogP contribution < -0.4 is 5.32 Å². The zero-order valence-corrected chi connectivity index (χ0v) is 13.1. The lowest BCUT2D eigenvalue weighted by atomic mass is 10.2. The van der Waals surface area contributed by atoms with E-state index in [1.807, 2.05) is 6.92 Å². The quantitative estimate of drug-likeness (QED) is 0.802. The highest BCUT2D eigenvalue weighted by molar-refractivity contribution is 7.89. The van der Waals surface area contributed by atoms with Gasteiger partial charge in [0.25, 0.3) is 0 Å². The van der Waals surface area contributed by atoms with Gasteiger partial charge in [0.2, 0.25) is 10.0 Å². The Morgan fingerprint density at radius 3 is 2.55 bits per heavy atom. The van der Waals surface area contributed by atoms with Gasteiger partial charge in [-0.3, -0.25) is 0 Å². The second-order valence-corrected chi connectivity index (χ2v) is 6.55. The van der Waals surface area contributed by atoms with Gasteiger partial charge in [0, 0.05) is 19.6 Å². The Balaban J connectivity index is 3.15. The molecule has 0 aromatic heterocycles. The molecule has 0 aliphatic heterocycles. The van der Waals surface area contributed by atoms with E-state index in [1.165, 1.54) is 16.4 Å². The largest absolute Gasteiger partial charge is 0.316 e. The minimum absolute atomic E-state index is 0.233. The SMILES string of the molecule is CCCCN(CC)S(=O)(=O)c1cc(CNC)ccc1F. The lowest BCUT2D eigenvalue weighted by Gasteiger charge is -2.21. The number of sulfonamides is 1. The van der Waals surface area contributed by atoms with Crippen molar-refractivity contribution in [3.8, 4) is 0 Å². The summed E-state index contributed by atoms with van der Waals surface area (Å²) in [5.41, 5.74) is 0.749. The molecule has 0 radical (unpaired) electrons. The van der Waals surface area contributed by atoms with Crippen LogP contribution in [-0.4, -0.2) is 32.9 Å². The summed E-state index contributed by atoms with van der Waals surface area (Å²) in [4.78, 5) is -0.233. The van der Waals surface area contributed by atoms with Gasteiger partial charge in [0.1, 0.15) is 10.7 Å². The maximum atomic E-state index is 13.9. The normalized spacial score (nSPS) is 12.1. The molecule has 1 rings (SSSR count). The summed E-state index contributed by atoms with van der Waals surface area (Å²) in [6.45, 7) is 5.03. The van der Waals surface area contributed by atoms with E-state index < -0.39 is 15.8 Å². The van der Waals surface area contributed by atoms with Crippen molar-refractivity contribution in [2.75, 3.05) is 20.1 Å². The van der Waals surface area contributed by atoms with Crippen LogP contribution >= 0.6 is 0 Å². The maximum Gasteiger partial charge on any atom is 0.245 e. The van der Waals surface area contributed by atoms with Gasteiger partial charge in [-0.05, 0) is 31.2 Å². The van der Waals surface area contributed by atoms with Crippen molar-refractivity contribution >= 4 is 10.0 Å². The second-order valence-electron chi connectivity index (χ2n) is 4.65. The van der Waals surface area contributed by atoms with Crippen LogP contribution in [0, 0.1) is 5.82 Å². The van der Waals surface area contributed by atoms with E-state index in [2.05, 4.69) is 5.32 Å². The summed E-state index contributed by atoms with van der Waals surface area (Å²) in [7, 11) is -2.00. The molecule has 0 saturated carbocycles. The molecule has 1 N–H and O–H groups in total. The molecule has 1 aromatic rings. The molecule has 0 amide bonds. The van der Waals surface area contributed by atoms with Crippen LogP contribution in [0.3, 0.4) is 0 Å². The molecular formula is C14H23FN2O2S. The fourth-order valence-corrected chi connectivity index (χ4v) is 3.58. The van der Waals surface area contributed by atoms with Gasteiger partial charge < -0.3 is 5.32 Å². The van der Waals surface area contributed by atoms with Crippen LogP contribution in [0.25, 0.3) is 0 Å². The van der Waals surface area contributed by atoms with Gasteiger partial charge in [-0.25, -0.2) is 12.8 Å². The summed E-state index contributed by atoms with van der Waals surface area (Å²) in [5, 5.41) is 2.93. The maximum absolute atomic E-state index is 13.9. The van der Waals surface area contributed by atoms with E-state index in [0.29, 0.717) is 19.6 Å². The fourth-order valence-electron chi connectivity index (χ4n) is 1.98. The Hall–Kier alpha value is -0.980. The van der Waals surface area contributed by atoms with Gasteiger partial charge in [-0.1, -0.05) is 26.3 Å². The lowest BCUT2D eigenvalue weighted by Crippen LogP contribution is -2.32. The zero-order chi connectivity index (χ0) is 15.2. The van der Waals surface area contributed by atoms with Crippen molar-refractivity contribution in [2.24, 2.45) is 0 Å². The third-order valence-electron chi connectivity index (χ3n) is 3.11. The number of hydrogen-bond acceptors (Lipinski definition) is 3. The first-order chi connectivity index (χ1) is 9.47. The van der Waals surface area contributed by atoms with Gasteiger partial charge in [-0.15, -0.1) is 0 Å². The van der Waals surface area contributed by atoms with Crippen LogP contribution in [0.5, 0.6) is 0 Å². The molecule has 0 saturated heterocycles. The van der Waals surface area contributed by atoms with Crippen molar-refractivity contribution in [3.05, 3.63) is 29.6 Å². The first-order valence-electron chi connectivity index (χ1n) is 6.90.